The van der Waals surface area contributed by atoms with Gasteiger partial charge in [0.1, 0.15) is 0 Å². The average Bonchev–Trinajstić information content (AvgIpc) is 2.89. The SMILES string of the molecule is CCCC1(C(=O)Nc2nc(C)no2)CCNC1. The van der Waals surface area contributed by atoms with E-state index >= 15 is 0 Å². The van der Waals surface area contributed by atoms with Crippen LogP contribution in [0.2, 0.25) is 0 Å². The van der Waals surface area contributed by atoms with E-state index in [9.17, 15) is 4.79 Å². The average molecular weight is 238 g/mol. The van der Waals surface area contributed by atoms with E-state index < -0.39 is 0 Å². The van der Waals surface area contributed by atoms with E-state index in [0.29, 0.717) is 5.82 Å². The predicted molar refractivity (Wildman–Crippen MR) is 62.5 cm³/mol. The van der Waals surface area contributed by atoms with Crippen molar-refractivity contribution in [1.82, 2.24) is 15.5 Å². The summed E-state index contributed by atoms with van der Waals surface area (Å²) in [6, 6.07) is 0.190. The zero-order chi connectivity index (χ0) is 12.3. The molecule has 2 N–H and O–H groups in total. The van der Waals surface area contributed by atoms with Gasteiger partial charge >= 0.3 is 6.01 Å². The zero-order valence-electron chi connectivity index (χ0n) is 10.2. The van der Waals surface area contributed by atoms with Crippen LogP contribution in [0.3, 0.4) is 0 Å². The Morgan fingerprint density at radius 2 is 2.47 bits per heavy atom. The maximum absolute atomic E-state index is 12.3. The van der Waals surface area contributed by atoms with Crippen molar-refractivity contribution >= 4 is 11.9 Å². The fraction of sp³-hybridized carbons (Fsp3) is 0.727. The Labute approximate surface area is 100 Å². The third-order valence-electron chi connectivity index (χ3n) is 3.20. The summed E-state index contributed by atoms with van der Waals surface area (Å²) >= 11 is 0. The van der Waals surface area contributed by atoms with Crippen molar-refractivity contribution in [2.24, 2.45) is 5.41 Å². The third kappa shape index (κ3) is 2.46. The molecule has 1 fully saturated rings. The lowest BCUT2D eigenvalue weighted by molar-refractivity contribution is -0.125. The number of aromatic nitrogens is 2. The number of hydrogen-bond acceptors (Lipinski definition) is 5. The van der Waals surface area contributed by atoms with Gasteiger partial charge in [-0.05, 0) is 26.3 Å². The predicted octanol–water partition coefficient (Wildman–Crippen LogP) is 1.10. The third-order valence-corrected chi connectivity index (χ3v) is 3.20. The summed E-state index contributed by atoms with van der Waals surface area (Å²) in [5.41, 5.74) is -0.322. The Kier molecular flexibility index (Phi) is 3.42. The Bertz CT molecular complexity index is 396. The van der Waals surface area contributed by atoms with Crippen molar-refractivity contribution in [3.05, 3.63) is 5.82 Å². The molecule has 1 saturated heterocycles. The number of nitrogens with one attached hydrogen (secondary N) is 2. The number of nitrogens with zero attached hydrogens (tertiary/aromatic N) is 2. The second-order valence-electron chi connectivity index (χ2n) is 4.56. The molecule has 0 bridgehead atoms. The Morgan fingerprint density at radius 3 is 3.00 bits per heavy atom. The second-order valence-corrected chi connectivity index (χ2v) is 4.56. The number of amides is 1. The molecule has 1 aromatic rings. The molecule has 17 heavy (non-hydrogen) atoms. The molecular formula is C11H18N4O2. The normalized spacial score (nSPS) is 23.9. The highest BCUT2D eigenvalue weighted by Crippen LogP contribution is 2.32. The molecule has 94 valence electrons. The monoisotopic (exact) mass is 238 g/mol. The van der Waals surface area contributed by atoms with Crippen LogP contribution in [-0.2, 0) is 4.79 Å². The van der Waals surface area contributed by atoms with Gasteiger partial charge in [-0.1, -0.05) is 18.5 Å². The van der Waals surface area contributed by atoms with Gasteiger partial charge in [0.15, 0.2) is 5.82 Å². The first-order chi connectivity index (χ1) is 8.16. The van der Waals surface area contributed by atoms with Crippen LogP contribution in [0.15, 0.2) is 4.52 Å². The highest BCUT2D eigenvalue weighted by molar-refractivity contribution is 5.94. The van der Waals surface area contributed by atoms with E-state index in [1.165, 1.54) is 0 Å². The van der Waals surface area contributed by atoms with Crippen molar-refractivity contribution in [2.45, 2.75) is 33.1 Å². The first-order valence-electron chi connectivity index (χ1n) is 5.99. The number of carbonyl (C=O) groups is 1. The van der Waals surface area contributed by atoms with Gasteiger partial charge in [0, 0.05) is 6.54 Å². The molecule has 2 heterocycles. The summed E-state index contributed by atoms with van der Waals surface area (Å²) in [7, 11) is 0. The van der Waals surface area contributed by atoms with E-state index in [2.05, 4.69) is 27.7 Å². The number of hydrogen-bond donors (Lipinski definition) is 2. The first-order valence-corrected chi connectivity index (χ1v) is 5.99. The summed E-state index contributed by atoms with van der Waals surface area (Å²) in [4.78, 5) is 16.2. The van der Waals surface area contributed by atoms with Crippen molar-refractivity contribution in [1.29, 1.82) is 0 Å². The quantitative estimate of drug-likeness (QED) is 0.821. The largest absolute Gasteiger partial charge is 0.328 e. The van der Waals surface area contributed by atoms with Crippen LogP contribution in [0.25, 0.3) is 0 Å². The molecular weight excluding hydrogens is 220 g/mol. The van der Waals surface area contributed by atoms with Crippen LogP contribution < -0.4 is 10.6 Å². The Hall–Kier alpha value is -1.43. The van der Waals surface area contributed by atoms with Gasteiger partial charge in [-0.25, -0.2) is 0 Å². The molecule has 1 unspecified atom stereocenters. The van der Waals surface area contributed by atoms with Crippen molar-refractivity contribution in [3.8, 4) is 0 Å². The molecule has 6 nitrogen and oxygen atoms in total. The standard InChI is InChI=1S/C11H18N4O2/c1-3-4-11(5-6-12-7-11)9(16)14-10-13-8(2)15-17-10/h12H,3-7H2,1-2H3,(H,13,14,15,16). The summed E-state index contributed by atoms with van der Waals surface area (Å²) in [6.45, 7) is 5.42. The van der Waals surface area contributed by atoms with Crippen molar-refractivity contribution < 1.29 is 9.32 Å². The zero-order valence-corrected chi connectivity index (χ0v) is 10.2. The molecule has 1 aromatic heterocycles. The van der Waals surface area contributed by atoms with E-state index in [1.54, 1.807) is 6.92 Å². The summed E-state index contributed by atoms with van der Waals surface area (Å²) in [6.07, 6.45) is 2.72. The topological polar surface area (TPSA) is 80.1 Å². The molecule has 6 heteroatoms. The van der Waals surface area contributed by atoms with Gasteiger partial charge in [0.25, 0.3) is 0 Å². The van der Waals surface area contributed by atoms with Crippen LogP contribution in [0.1, 0.15) is 32.0 Å². The highest BCUT2D eigenvalue weighted by Gasteiger charge is 2.40. The van der Waals surface area contributed by atoms with Crippen LogP contribution in [0, 0.1) is 12.3 Å². The van der Waals surface area contributed by atoms with Gasteiger partial charge in [0.05, 0.1) is 5.41 Å². The van der Waals surface area contributed by atoms with E-state index in [4.69, 9.17) is 4.52 Å². The van der Waals surface area contributed by atoms with E-state index in [-0.39, 0.29) is 17.3 Å². The van der Waals surface area contributed by atoms with Gasteiger partial charge in [-0.3, -0.25) is 10.1 Å². The minimum absolute atomic E-state index is 0.0204. The molecule has 0 saturated carbocycles. The molecule has 1 amide bonds. The van der Waals surface area contributed by atoms with Crippen LogP contribution in [0.4, 0.5) is 6.01 Å². The lowest BCUT2D eigenvalue weighted by Gasteiger charge is -2.25. The van der Waals surface area contributed by atoms with E-state index in [1.807, 2.05) is 0 Å². The van der Waals surface area contributed by atoms with Crippen LogP contribution in [-0.4, -0.2) is 29.1 Å². The summed E-state index contributed by atoms with van der Waals surface area (Å²) < 4.78 is 4.90. The lowest BCUT2D eigenvalue weighted by atomic mass is 9.81. The summed E-state index contributed by atoms with van der Waals surface area (Å²) in [5.74, 6) is 0.502. The smallest absolute Gasteiger partial charge is 0.316 e. The molecule has 1 atom stereocenters. The van der Waals surface area contributed by atoms with Crippen LogP contribution in [0.5, 0.6) is 0 Å². The van der Waals surface area contributed by atoms with Gasteiger partial charge in [-0.2, -0.15) is 4.98 Å². The number of rotatable bonds is 4. The maximum Gasteiger partial charge on any atom is 0.328 e. The number of aryl methyl sites for hydroxylation is 1. The lowest BCUT2D eigenvalue weighted by Crippen LogP contribution is -2.38. The van der Waals surface area contributed by atoms with E-state index in [0.717, 1.165) is 32.4 Å². The fourth-order valence-electron chi connectivity index (χ4n) is 2.32. The molecule has 0 spiro atoms. The van der Waals surface area contributed by atoms with Crippen molar-refractivity contribution in [2.75, 3.05) is 18.4 Å². The van der Waals surface area contributed by atoms with Gasteiger partial charge in [-0.15, -0.1) is 0 Å². The minimum Gasteiger partial charge on any atom is -0.316 e. The molecule has 1 aliphatic rings. The number of carbonyl (C=O) groups excluding carboxylic acids is 1. The molecule has 2 rings (SSSR count). The van der Waals surface area contributed by atoms with Crippen molar-refractivity contribution in [3.63, 3.8) is 0 Å². The first kappa shape index (κ1) is 12.0. The minimum atomic E-state index is -0.322. The maximum atomic E-state index is 12.3. The van der Waals surface area contributed by atoms with Gasteiger partial charge < -0.3 is 9.84 Å². The molecule has 0 radical (unpaired) electrons. The number of anilines is 1. The molecule has 1 aliphatic heterocycles. The van der Waals surface area contributed by atoms with Crippen LogP contribution >= 0.6 is 0 Å². The van der Waals surface area contributed by atoms with Gasteiger partial charge in [0.2, 0.25) is 5.91 Å². The fourth-order valence-corrected chi connectivity index (χ4v) is 2.32. The molecule has 0 aliphatic carbocycles. The Morgan fingerprint density at radius 1 is 1.65 bits per heavy atom. The summed E-state index contributed by atoms with van der Waals surface area (Å²) in [5, 5.41) is 9.60. The Balaban J connectivity index is 2.06. The molecule has 0 aromatic carbocycles. The highest BCUT2D eigenvalue weighted by atomic mass is 16.5. The second kappa shape index (κ2) is 4.83.